The van der Waals surface area contributed by atoms with Crippen LogP contribution in [-0.4, -0.2) is 71.9 Å². The average Bonchev–Trinajstić information content (AvgIpc) is 2.53. The van der Waals surface area contributed by atoms with Crippen LogP contribution in [0.3, 0.4) is 0 Å². The molecule has 0 atom stereocenters. The Morgan fingerprint density at radius 3 is 1.86 bits per heavy atom. The van der Waals surface area contributed by atoms with Crippen molar-refractivity contribution in [3.05, 3.63) is 0 Å². The maximum atomic E-state index is 11.3. The van der Waals surface area contributed by atoms with Gasteiger partial charge < -0.3 is 30.0 Å². The van der Waals surface area contributed by atoms with Gasteiger partial charge in [-0.15, -0.1) is 0 Å². The lowest BCUT2D eigenvalue weighted by Crippen LogP contribution is -2.27. The van der Waals surface area contributed by atoms with Crippen molar-refractivity contribution in [3.63, 3.8) is 0 Å². The van der Waals surface area contributed by atoms with Gasteiger partial charge in [-0.05, 0) is 19.4 Å². The van der Waals surface area contributed by atoms with Crippen LogP contribution >= 0.6 is 0 Å². The fraction of sp³-hybridized carbons (Fsp3) is 0.933. The third-order valence-corrected chi connectivity index (χ3v) is 2.64. The Hall–Kier alpha value is -0.730. The van der Waals surface area contributed by atoms with Crippen molar-refractivity contribution in [1.29, 1.82) is 0 Å². The van der Waals surface area contributed by atoms with E-state index in [2.05, 4.69) is 12.2 Å². The molecule has 0 aliphatic rings. The smallest absolute Gasteiger partial charge is 0.220 e. The van der Waals surface area contributed by atoms with E-state index < -0.39 is 0 Å². The van der Waals surface area contributed by atoms with Crippen molar-refractivity contribution in [3.8, 4) is 0 Å². The number of hydrogen-bond acceptors (Lipinski definition) is 6. The molecule has 22 heavy (non-hydrogen) atoms. The van der Waals surface area contributed by atoms with Crippen LogP contribution < -0.4 is 11.1 Å². The predicted molar refractivity (Wildman–Crippen MR) is 84.9 cm³/mol. The molecular formula is C15H32N2O5. The summed E-state index contributed by atoms with van der Waals surface area (Å²) < 4.78 is 21.3. The summed E-state index contributed by atoms with van der Waals surface area (Å²) in [5, 5.41) is 2.77. The second kappa shape index (κ2) is 18.3. The molecule has 0 aromatic rings. The van der Waals surface area contributed by atoms with Gasteiger partial charge in [0.2, 0.25) is 5.91 Å². The highest BCUT2D eigenvalue weighted by Crippen LogP contribution is 1.86. The van der Waals surface area contributed by atoms with Gasteiger partial charge in [-0.25, -0.2) is 0 Å². The third kappa shape index (κ3) is 17.3. The number of nitrogens with one attached hydrogen (secondary N) is 1. The first kappa shape index (κ1) is 21.3. The van der Waals surface area contributed by atoms with E-state index in [9.17, 15) is 4.79 Å². The molecule has 0 aromatic carbocycles. The van der Waals surface area contributed by atoms with E-state index in [1.54, 1.807) is 0 Å². The number of carbonyl (C=O) groups excluding carboxylic acids is 1. The van der Waals surface area contributed by atoms with Crippen LogP contribution in [0.1, 0.15) is 26.2 Å². The fourth-order valence-corrected chi connectivity index (χ4v) is 1.52. The van der Waals surface area contributed by atoms with E-state index in [-0.39, 0.29) is 5.91 Å². The molecule has 0 radical (unpaired) electrons. The summed E-state index contributed by atoms with van der Waals surface area (Å²) in [6.07, 6.45) is 2.22. The first-order chi connectivity index (χ1) is 10.8. The number of amides is 1. The normalized spacial score (nSPS) is 10.8. The minimum atomic E-state index is 0.0189. The fourth-order valence-electron chi connectivity index (χ4n) is 1.52. The number of rotatable bonds is 17. The van der Waals surface area contributed by atoms with Gasteiger partial charge in [0.15, 0.2) is 0 Å². The maximum absolute atomic E-state index is 11.3. The van der Waals surface area contributed by atoms with Crippen molar-refractivity contribution in [2.24, 2.45) is 5.73 Å². The molecule has 0 saturated carbocycles. The minimum absolute atomic E-state index is 0.0189. The van der Waals surface area contributed by atoms with Gasteiger partial charge in [0.1, 0.15) is 0 Å². The second-order valence-electron chi connectivity index (χ2n) is 4.69. The minimum Gasteiger partial charge on any atom is -0.379 e. The van der Waals surface area contributed by atoms with Crippen LogP contribution in [-0.2, 0) is 23.7 Å². The van der Waals surface area contributed by atoms with Crippen LogP contribution in [0.15, 0.2) is 0 Å². The van der Waals surface area contributed by atoms with E-state index in [0.717, 1.165) is 13.0 Å². The highest BCUT2D eigenvalue weighted by Gasteiger charge is 1.98. The summed E-state index contributed by atoms with van der Waals surface area (Å²) in [6.45, 7) is 7.79. The second-order valence-corrected chi connectivity index (χ2v) is 4.69. The van der Waals surface area contributed by atoms with Crippen molar-refractivity contribution in [1.82, 2.24) is 5.32 Å². The highest BCUT2D eigenvalue weighted by atomic mass is 16.6. The van der Waals surface area contributed by atoms with Crippen LogP contribution in [0.5, 0.6) is 0 Å². The first-order valence-electron chi connectivity index (χ1n) is 8.09. The number of carbonyl (C=O) groups is 1. The Bertz CT molecular complexity index is 242. The Morgan fingerprint density at radius 2 is 1.36 bits per heavy atom. The molecule has 3 N–H and O–H groups in total. The van der Waals surface area contributed by atoms with Gasteiger partial charge in [0.25, 0.3) is 0 Å². The quantitative estimate of drug-likeness (QED) is 0.375. The number of nitrogens with two attached hydrogens (primary N) is 1. The topological polar surface area (TPSA) is 92.0 Å². The Morgan fingerprint density at radius 1 is 0.864 bits per heavy atom. The Kier molecular flexibility index (Phi) is 17.7. The number of hydrogen-bond donors (Lipinski definition) is 2. The van der Waals surface area contributed by atoms with Gasteiger partial charge in [-0.3, -0.25) is 4.79 Å². The van der Waals surface area contributed by atoms with Gasteiger partial charge in [0.05, 0.1) is 46.2 Å². The molecule has 0 spiro atoms. The van der Waals surface area contributed by atoms with Crippen molar-refractivity contribution in [2.75, 3.05) is 65.9 Å². The summed E-state index contributed by atoms with van der Waals surface area (Å²) in [7, 11) is 0. The lowest BCUT2D eigenvalue weighted by Gasteiger charge is -2.08. The molecule has 0 aromatic heterocycles. The molecule has 0 rings (SSSR count). The number of ether oxygens (including phenoxy) is 4. The van der Waals surface area contributed by atoms with E-state index in [1.165, 1.54) is 0 Å². The Balaban J connectivity index is 3.04. The zero-order chi connectivity index (χ0) is 16.3. The average molecular weight is 320 g/mol. The van der Waals surface area contributed by atoms with Crippen LogP contribution in [0.25, 0.3) is 0 Å². The zero-order valence-corrected chi connectivity index (χ0v) is 13.8. The van der Waals surface area contributed by atoms with Gasteiger partial charge in [-0.1, -0.05) is 6.92 Å². The molecule has 0 fully saturated rings. The molecule has 0 aliphatic carbocycles. The van der Waals surface area contributed by atoms with E-state index >= 15 is 0 Å². The largest absolute Gasteiger partial charge is 0.379 e. The maximum Gasteiger partial charge on any atom is 0.220 e. The van der Waals surface area contributed by atoms with Crippen LogP contribution in [0.4, 0.5) is 0 Å². The van der Waals surface area contributed by atoms with Crippen LogP contribution in [0, 0.1) is 0 Å². The lowest BCUT2D eigenvalue weighted by atomic mass is 10.3. The van der Waals surface area contributed by atoms with E-state index in [0.29, 0.717) is 72.2 Å². The van der Waals surface area contributed by atoms with Gasteiger partial charge in [0, 0.05) is 19.6 Å². The predicted octanol–water partition coefficient (Wildman–Crippen LogP) is 0.318. The summed E-state index contributed by atoms with van der Waals surface area (Å²) >= 11 is 0. The van der Waals surface area contributed by atoms with Crippen molar-refractivity contribution < 1.29 is 23.7 Å². The zero-order valence-electron chi connectivity index (χ0n) is 13.8. The van der Waals surface area contributed by atoms with Gasteiger partial charge in [-0.2, -0.15) is 0 Å². The third-order valence-electron chi connectivity index (χ3n) is 2.64. The van der Waals surface area contributed by atoms with Gasteiger partial charge >= 0.3 is 0 Å². The molecule has 0 aliphatic heterocycles. The highest BCUT2D eigenvalue weighted by molar-refractivity contribution is 5.75. The van der Waals surface area contributed by atoms with Crippen molar-refractivity contribution >= 4 is 5.91 Å². The summed E-state index contributed by atoms with van der Waals surface area (Å²) in [5.41, 5.74) is 5.32. The molecule has 0 unspecified atom stereocenters. The molecular weight excluding hydrogens is 288 g/mol. The molecule has 1 amide bonds. The molecule has 7 heteroatoms. The molecule has 0 bridgehead atoms. The molecule has 132 valence electrons. The molecule has 0 heterocycles. The van der Waals surface area contributed by atoms with E-state index in [4.69, 9.17) is 24.7 Å². The monoisotopic (exact) mass is 320 g/mol. The summed E-state index contributed by atoms with van der Waals surface area (Å²) in [5.74, 6) is 0.0189. The standard InChI is InChI=1S/C15H32N2O5/c1-2-7-19-9-11-21-13-14-22-12-10-20-8-6-17-15(18)4-3-5-16/h2-14,16H2,1H3,(H,17,18). The Labute approximate surface area is 133 Å². The summed E-state index contributed by atoms with van der Waals surface area (Å²) in [6, 6.07) is 0. The summed E-state index contributed by atoms with van der Waals surface area (Å²) in [4.78, 5) is 11.3. The SMILES string of the molecule is CCCOCCOCCOCCOCCNC(=O)CCCN. The van der Waals surface area contributed by atoms with Crippen LogP contribution in [0.2, 0.25) is 0 Å². The van der Waals surface area contributed by atoms with Crippen molar-refractivity contribution in [2.45, 2.75) is 26.2 Å². The lowest BCUT2D eigenvalue weighted by molar-refractivity contribution is -0.121. The molecule has 0 saturated heterocycles. The molecule has 7 nitrogen and oxygen atoms in total. The van der Waals surface area contributed by atoms with E-state index in [1.807, 2.05) is 0 Å². The first-order valence-corrected chi connectivity index (χ1v) is 8.09.